The third kappa shape index (κ3) is 4.13. The zero-order valence-corrected chi connectivity index (χ0v) is 14.2. The van der Waals surface area contributed by atoms with Crippen LogP contribution in [-0.4, -0.2) is 7.11 Å². The molecule has 0 saturated carbocycles. The number of hydrogen-bond donors (Lipinski definition) is 1. The maximum atomic E-state index is 6.01. The van der Waals surface area contributed by atoms with Gasteiger partial charge in [-0.25, -0.2) is 0 Å². The Bertz CT molecular complexity index is 632. The van der Waals surface area contributed by atoms with Gasteiger partial charge in [-0.1, -0.05) is 27.5 Å². The molecule has 2 aromatic rings. The third-order valence-electron chi connectivity index (χ3n) is 3.09. The molecule has 0 bridgehead atoms. The summed E-state index contributed by atoms with van der Waals surface area (Å²) >= 11 is 9.46. The van der Waals surface area contributed by atoms with Crippen molar-refractivity contribution in [1.82, 2.24) is 0 Å². The van der Waals surface area contributed by atoms with Crippen LogP contribution in [0, 0.1) is 0 Å². The second kappa shape index (κ2) is 7.16. The maximum absolute atomic E-state index is 6.01. The van der Waals surface area contributed by atoms with Gasteiger partial charge in [0, 0.05) is 26.7 Å². The fourth-order valence-corrected chi connectivity index (χ4v) is 2.61. The Balaban J connectivity index is 2.22. The molecule has 0 aliphatic rings. The van der Waals surface area contributed by atoms with E-state index in [2.05, 4.69) is 15.9 Å². The minimum Gasteiger partial charge on any atom is -0.496 e. The monoisotopic (exact) mass is 369 g/mol. The summed E-state index contributed by atoms with van der Waals surface area (Å²) in [5.41, 5.74) is 7.80. The molecular formula is C16H17BrClNO2. The summed E-state index contributed by atoms with van der Waals surface area (Å²) < 4.78 is 12.2. The maximum Gasteiger partial charge on any atom is 0.125 e. The first kappa shape index (κ1) is 16.1. The van der Waals surface area contributed by atoms with Gasteiger partial charge in [0.15, 0.2) is 0 Å². The highest BCUT2D eigenvalue weighted by Gasteiger charge is 2.11. The van der Waals surface area contributed by atoms with Crippen LogP contribution in [0.3, 0.4) is 0 Å². The summed E-state index contributed by atoms with van der Waals surface area (Å²) in [7, 11) is 1.64. The van der Waals surface area contributed by atoms with Crippen LogP contribution in [0.1, 0.15) is 24.1 Å². The lowest BCUT2D eigenvalue weighted by atomic mass is 10.1. The zero-order valence-electron chi connectivity index (χ0n) is 11.9. The average molecular weight is 371 g/mol. The van der Waals surface area contributed by atoms with E-state index in [1.165, 1.54) is 0 Å². The fourth-order valence-electron chi connectivity index (χ4n) is 2.02. The first-order valence-corrected chi connectivity index (χ1v) is 7.68. The van der Waals surface area contributed by atoms with Crippen LogP contribution in [-0.2, 0) is 6.61 Å². The molecule has 1 atom stereocenters. The predicted octanol–water partition coefficient (Wildman–Crippen LogP) is 4.71. The van der Waals surface area contributed by atoms with Crippen molar-refractivity contribution >= 4 is 27.5 Å². The van der Waals surface area contributed by atoms with E-state index in [1.807, 2.05) is 37.3 Å². The topological polar surface area (TPSA) is 44.5 Å². The van der Waals surface area contributed by atoms with Crippen LogP contribution in [0.4, 0.5) is 0 Å². The van der Waals surface area contributed by atoms with Gasteiger partial charge in [-0.15, -0.1) is 0 Å². The van der Waals surface area contributed by atoms with E-state index in [4.69, 9.17) is 26.8 Å². The molecule has 0 heterocycles. The number of methoxy groups -OCH3 is 1. The van der Waals surface area contributed by atoms with E-state index >= 15 is 0 Å². The van der Waals surface area contributed by atoms with Gasteiger partial charge in [-0.3, -0.25) is 0 Å². The molecule has 2 aromatic carbocycles. The third-order valence-corrected chi connectivity index (χ3v) is 3.82. The van der Waals surface area contributed by atoms with Crippen LogP contribution in [0.15, 0.2) is 40.9 Å². The van der Waals surface area contributed by atoms with Crippen LogP contribution in [0.25, 0.3) is 0 Å². The summed E-state index contributed by atoms with van der Waals surface area (Å²) in [6.45, 7) is 2.29. The highest BCUT2D eigenvalue weighted by molar-refractivity contribution is 9.10. The van der Waals surface area contributed by atoms with Crippen LogP contribution in [0.2, 0.25) is 5.02 Å². The fraction of sp³-hybridized carbons (Fsp3) is 0.250. The highest BCUT2D eigenvalue weighted by atomic mass is 79.9. The minimum atomic E-state index is -0.150. The van der Waals surface area contributed by atoms with Crippen molar-refractivity contribution in [3.63, 3.8) is 0 Å². The lowest BCUT2D eigenvalue weighted by Gasteiger charge is -2.16. The predicted molar refractivity (Wildman–Crippen MR) is 89.1 cm³/mol. The van der Waals surface area contributed by atoms with Gasteiger partial charge >= 0.3 is 0 Å². The molecule has 0 aromatic heterocycles. The molecule has 0 fully saturated rings. The normalized spacial score (nSPS) is 12.0. The molecule has 0 saturated heterocycles. The van der Waals surface area contributed by atoms with E-state index in [0.717, 1.165) is 27.1 Å². The van der Waals surface area contributed by atoms with Gasteiger partial charge in [0.2, 0.25) is 0 Å². The first-order valence-electron chi connectivity index (χ1n) is 6.51. The molecule has 0 amide bonds. The highest BCUT2D eigenvalue weighted by Crippen LogP contribution is 2.29. The Hall–Kier alpha value is -1.23. The van der Waals surface area contributed by atoms with E-state index < -0.39 is 0 Å². The summed E-state index contributed by atoms with van der Waals surface area (Å²) in [6, 6.07) is 11.1. The van der Waals surface area contributed by atoms with E-state index in [1.54, 1.807) is 13.2 Å². The van der Waals surface area contributed by atoms with Crippen molar-refractivity contribution in [2.75, 3.05) is 7.11 Å². The first-order chi connectivity index (χ1) is 10.0. The number of halogens is 2. The van der Waals surface area contributed by atoms with Crippen molar-refractivity contribution in [3.8, 4) is 11.5 Å². The quantitative estimate of drug-likeness (QED) is 0.829. The Morgan fingerprint density at radius 3 is 2.57 bits per heavy atom. The summed E-state index contributed by atoms with van der Waals surface area (Å²) in [5, 5.41) is 0.648. The van der Waals surface area contributed by atoms with Gasteiger partial charge in [0.25, 0.3) is 0 Å². The minimum absolute atomic E-state index is 0.150. The van der Waals surface area contributed by atoms with Crippen LogP contribution in [0.5, 0.6) is 11.5 Å². The lowest BCUT2D eigenvalue weighted by molar-refractivity contribution is 0.292. The van der Waals surface area contributed by atoms with E-state index in [9.17, 15) is 0 Å². The summed E-state index contributed by atoms with van der Waals surface area (Å²) in [5.74, 6) is 1.52. The second-order valence-corrected chi connectivity index (χ2v) is 6.07. The molecule has 3 nitrogen and oxygen atoms in total. The summed E-state index contributed by atoms with van der Waals surface area (Å²) in [4.78, 5) is 0. The van der Waals surface area contributed by atoms with Gasteiger partial charge < -0.3 is 15.2 Å². The molecule has 5 heteroatoms. The molecule has 112 valence electrons. The van der Waals surface area contributed by atoms with Crippen LogP contribution < -0.4 is 15.2 Å². The van der Waals surface area contributed by atoms with Gasteiger partial charge in [0.05, 0.1) is 7.11 Å². The van der Waals surface area contributed by atoms with Crippen molar-refractivity contribution in [2.45, 2.75) is 19.6 Å². The molecule has 2 N–H and O–H groups in total. The smallest absolute Gasteiger partial charge is 0.125 e. The van der Waals surface area contributed by atoms with Crippen LogP contribution >= 0.6 is 27.5 Å². The number of nitrogens with two attached hydrogens (primary N) is 1. The zero-order chi connectivity index (χ0) is 15.4. The van der Waals surface area contributed by atoms with Crippen molar-refractivity contribution in [2.24, 2.45) is 5.73 Å². The molecule has 0 spiro atoms. The van der Waals surface area contributed by atoms with Gasteiger partial charge in [-0.2, -0.15) is 0 Å². The largest absolute Gasteiger partial charge is 0.496 e. The lowest BCUT2D eigenvalue weighted by Crippen LogP contribution is -2.08. The average Bonchev–Trinajstić information content (AvgIpc) is 2.46. The molecule has 1 unspecified atom stereocenters. The molecular weight excluding hydrogens is 354 g/mol. The van der Waals surface area contributed by atoms with E-state index in [0.29, 0.717) is 11.6 Å². The second-order valence-electron chi connectivity index (χ2n) is 4.72. The Morgan fingerprint density at radius 1 is 1.19 bits per heavy atom. The molecule has 0 radical (unpaired) electrons. The van der Waals surface area contributed by atoms with Gasteiger partial charge in [0.1, 0.15) is 18.1 Å². The SMILES string of the molecule is COc1ccc(Br)cc1COc1ccc(Cl)cc1C(C)N. The Morgan fingerprint density at radius 2 is 1.90 bits per heavy atom. The van der Waals surface area contributed by atoms with Crippen molar-refractivity contribution in [1.29, 1.82) is 0 Å². The number of ether oxygens (including phenoxy) is 2. The molecule has 2 rings (SSSR count). The van der Waals surface area contributed by atoms with E-state index in [-0.39, 0.29) is 6.04 Å². The number of rotatable bonds is 5. The Labute approximate surface area is 138 Å². The molecule has 0 aliphatic heterocycles. The van der Waals surface area contributed by atoms with Gasteiger partial charge in [-0.05, 0) is 43.3 Å². The van der Waals surface area contributed by atoms with Crippen molar-refractivity contribution in [3.05, 3.63) is 57.0 Å². The number of hydrogen-bond acceptors (Lipinski definition) is 3. The standard InChI is InChI=1S/C16H17BrClNO2/c1-10(19)14-8-13(18)4-6-16(14)21-9-11-7-12(17)3-5-15(11)20-2/h3-8,10H,9,19H2,1-2H3. The molecule has 0 aliphatic carbocycles. The Kier molecular flexibility index (Phi) is 5.51. The summed E-state index contributed by atoms with van der Waals surface area (Å²) in [6.07, 6.45) is 0. The molecule has 21 heavy (non-hydrogen) atoms. The number of benzene rings is 2. The van der Waals surface area contributed by atoms with Crippen molar-refractivity contribution < 1.29 is 9.47 Å².